The molecular formula is C16H30N2OS. The third-order valence-corrected chi connectivity index (χ3v) is 4.09. The molecule has 0 saturated carbocycles. The van der Waals surface area contributed by atoms with Gasteiger partial charge in [0.1, 0.15) is 0 Å². The predicted octanol–water partition coefficient (Wildman–Crippen LogP) is 3.37. The molecule has 1 rings (SSSR count). The Bertz CT molecular complexity index is 405. The first-order valence-electron chi connectivity index (χ1n) is 7.48. The van der Waals surface area contributed by atoms with Crippen LogP contribution in [0.2, 0.25) is 0 Å². The van der Waals surface area contributed by atoms with Gasteiger partial charge in [-0.25, -0.2) is 4.98 Å². The fourth-order valence-electron chi connectivity index (χ4n) is 1.90. The zero-order valence-corrected chi connectivity index (χ0v) is 14.6. The molecule has 0 aromatic carbocycles. The van der Waals surface area contributed by atoms with Gasteiger partial charge in [0.25, 0.3) is 0 Å². The summed E-state index contributed by atoms with van der Waals surface area (Å²) >= 11 is 1.66. The van der Waals surface area contributed by atoms with Crippen molar-refractivity contribution in [2.75, 3.05) is 13.1 Å². The molecule has 116 valence electrons. The molecule has 1 aromatic heterocycles. The molecule has 0 aliphatic carbocycles. The van der Waals surface area contributed by atoms with Crippen LogP contribution in [0.3, 0.4) is 0 Å². The molecule has 1 unspecified atom stereocenters. The van der Waals surface area contributed by atoms with Crippen molar-refractivity contribution in [1.82, 2.24) is 10.3 Å². The van der Waals surface area contributed by atoms with Crippen LogP contribution in [0.1, 0.15) is 58.7 Å². The summed E-state index contributed by atoms with van der Waals surface area (Å²) in [6.45, 7) is 14.6. The average Bonchev–Trinajstić information content (AvgIpc) is 2.71. The Morgan fingerprint density at radius 3 is 2.45 bits per heavy atom. The van der Waals surface area contributed by atoms with Crippen LogP contribution in [-0.4, -0.2) is 28.8 Å². The number of nitrogens with one attached hydrogen (secondary N) is 1. The van der Waals surface area contributed by atoms with Crippen LogP contribution < -0.4 is 5.32 Å². The van der Waals surface area contributed by atoms with E-state index in [1.54, 1.807) is 11.3 Å². The number of rotatable bonds is 7. The Morgan fingerprint density at radius 2 is 1.95 bits per heavy atom. The van der Waals surface area contributed by atoms with Crippen molar-refractivity contribution in [3.05, 3.63) is 16.1 Å². The highest BCUT2D eigenvalue weighted by molar-refractivity contribution is 7.09. The molecule has 20 heavy (non-hydrogen) atoms. The molecule has 2 N–H and O–H groups in total. The van der Waals surface area contributed by atoms with Gasteiger partial charge in [-0.15, -0.1) is 11.3 Å². The number of nitrogens with zero attached hydrogens (tertiary/aromatic N) is 1. The van der Waals surface area contributed by atoms with Gasteiger partial charge >= 0.3 is 0 Å². The summed E-state index contributed by atoms with van der Waals surface area (Å²) in [6, 6.07) is 0. The Hall–Kier alpha value is -0.450. The Labute approximate surface area is 127 Å². The average molecular weight is 298 g/mol. The molecule has 0 radical (unpaired) electrons. The Balaban J connectivity index is 2.47. The topological polar surface area (TPSA) is 45.1 Å². The zero-order chi connectivity index (χ0) is 15.4. The largest absolute Gasteiger partial charge is 0.390 e. The number of aliphatic hydroxyl groups is 1. The van der Waals surface area contributed by atoms with Crippen molar-refractivity contribution in [3.8, 4) is 0 Å². The second kappa shape index (κ2) is 7.01. The van der Waals surface area contributed by atoms with Crippen molar-refractivity contribution < 1.29 is 5.11 Å². The van der Waals surface area contributed by atoms with Crippen LogP contribution in [0.4, 0.5) is 0 Å². The summed E-state index contributed by atoms with van der Waals surface area (Å²) in [4.78, 5) is 4.66. The van der Waals surface area contributed by atoms with Crippen LogP contribution >= 0.6 is 11.3 Å². The van der Waals surface area contributed by atoms with Crippen LogP contribution in [0.15, 0.2) is 5.38 Å². The van der Waals surface area contributed by atoms with Crippen LogP contribution in [0.25, 0.3) is 0 Å². The molecule has 0 fully saturated rings. The van der Waals surface area contributed by atoms with E-state index in [9.17, 15) is 5.11 Å². The van der Waals surface area contributed by atoms with Gasteiger partial charge in [-0.05, 0) is 32.4 Å². The van der Waals surface area contributed by atoms with Crippen molar-refractivity contribution in [2.24, 2.45) is 5.92 Å². The summed E-state index contributed by atoms with van der Waals surface area (Å²) in [5.41, 5.74) is 0.516. The summed E-state index contributed by atoms with van der Waals surface area (Å²) in [5.74, 6) is 0.647. The lowest BCUT2D eigenvalue weighted by Gasteiger charge is -2.22. The van der Waals surface area contributed by atoms with Crippen molar-refractivity contribution in [3.63, 3.8) is 0 Å². The minimum absolute atomic E-state index is 0.0828. The zero-order valence-electron chi connectivity index (χ0n) is 13.8. The van der Waals surface area contributed by atoms with Gasteiger partial charge < -0.3 is 10.4 Å². The lowest BCUT2D eigenvalue weighted by atomic mass is 9.93. The van der Waals surface area contributed by atoms with Crippen LogP contribution in [-0.2, 0) is 11.8 Å². The monoisotopic (exact) mass is 298 g/mol. The Kier molecular flexibility index (Phi) is 6.17. The van der Waals surface area contributed by atoms with Crippen molar-refractivity contribution >= 4 is 11.3 Å². The highest BCUT2D eigenvalue weighted by Gasteiger charge is 2.24. The molecule has 4 heteroatoms. The van der Waals surface area contributed by atoms with E-state index in [1.807, 2.05) is 6.92 Å². The molecule has 0 bridgehead atoms. The standard InChI is InChI=1S/C16H30N2OS/c1-12(2)10-17-8-7-16(6,19)9-14-18-13(11-20-14)15(3,4)5/h11-12,17,19H,7-10H2,1-6H3. The highest BCUT2D eigenvalue weighted by Crippen LogP contribution is 2.26. The van der Waals surface area contributed by atoms with Crippen LogP contribution in [0.5, 0.6) is 0 Å². The molecule has 1 heterocycles. The predicted molar refractivity (Wildman–Crippen MR) is 87.5 cm³/mol. The van der Waals surface area contributed by atoms with Gasteiger partial charge in [0, 0.05) is 17.2 Å². The van der Waals surface area contributed by atoms with E-state index >= 15 is 0 Å². The third-order valence-electron chi connectivity index (χ3n) is 3.25. The molecule has 0 spiro atoms. The molecule has 1 aromatic rings. The summed E-state index contributed by atoms with van der Waals surface area (Å²) in [6.07, 6.45) is 1.39. The molecule has 1 atom stereocenters. The Morgan fingerprint density at radius 1 is 1.30 bits per heavy atom. The van der Waals surface area contributed by atoms with E-state index in [1.165, 1.54) is 0 Å². The minimum Gasteiger partial charge on any atom is -0.390 e. The van der Waals surface area contributed by atoms with E-state index in [0.717, 1.165) is 30.2 Å². The fraction of sp³-hybridized carbons (Fsp3) is 0.812. The van der Waals surface area contributed by atoms with E-state index in [4.69, 9.17) is 0 Å². The van der Waals surface area contributed by atoms with E-state index in [-0.39, 0.29) is 5.41 Å². The quantitative estimate of drug-likeness (QED) is 0.759. The summed E-state index contributed by atoms with van der Waals surface area (Å²) < 4.78 is 0. The molecule has 3 nitrogen and oxygen atoms in total. The van der Waals surface area contributed by atoms with E-state index < -0.39 is 5.60 Å². The van der Waals surface area contributed by atoms with Gasteiger partial charge in [0.05, 0.1) is 16.3 Å². The SMILES string of the molecule is CC(C)CNCCC(C)(O)Cc1nc(C(C)(C)C)cs1. The van der Waals surface area contributed by atoms with Gasteiger partial charge in [-0.1, -0.05) is 34.6 Å². The fourth-order valence-corrected chi connectivity index (χ4v) is 3.10. The van der Waals surface area contributed by atoms with Gasteiger partial charge in [0.15, 0.2) is 0 Å². The number of thiazole rings is 1. The van der Waals surface area contributed by atoms with Crippen LogP contribution in [0, 0.1) is 5.92 Å². The first kappa shape index (κ1) is 17.6. The molecule has 0 aliphatic heterocycles. The maximum atomic E-state index is 10.5. The number of hydrogen-bond acceptors (Lipinski definition) is 4. The van der Waals surface area contributed by atoms with Crippen molar-refractivity contribution in [2.45, 2.75) is 65.4 Å². The summed E-state index contributed by atoms with van der Waals surface area (Å²) in [7, 11) is 0. The first-order chi connectivity index (χ1) is 9.10. The summed E-state index contributed by atoms with van der Waals surface area (Å²) in [5, 5.41) is 17.0. The molecule has 0 saturated heterocycles. The normalized spacial score (nSPS) is 15.6. The second-order valence-electron chi connectivity index (χ2n) is 7.40. The third kappa shape index (κ3) is 6.33. The second-order valence-corrected chi connectivity index (χ2v) is 8.34. The number of aromatic nitrogens is 1. The van der Waals surface area contributed by atoms with Gasteiger partial charge in [-0.3, -0.25) is 0 Å². The van der Waals surface area contributed by atoms with Gasteiger partial charge in [0.2, 0.25) is 0 Å². The maximum Gasteiger partial charge on any atom is 0.0957 e. The molecular weight excluding hydrogens is 268 g/mol. The minimum atomic E-state index is -0.684. The maximum absolute atomic E-state index is 10.5. The highest BCUT2D eigenvalue weighted by atomic mass is 32.1. The smallest absolute Gasteiger partial charge is 0.0957 e. The number of hydrogen-bond donors (Lipinski definition) is 2. The first-order valence-corrected chi connectivity index (χ1v) is 8.36. The van der Waals surface area contributed by atoms with Gasteiger partial charge in [-0.2, -0.15) is 0 Å². The lowest BCUT2D eigenvalue weighted by molar-refractivity contribution is 0.0512. The molecule has 0 amide bonds. The molecule has 0 aliphatic rings. The van der Waals surface area contributed by atoms with E-state index in [2.05, 4.69) is 50.3 Å². The van der Waals surface area contributed by atoms with E-state index in [0.29, 0.717) is 12.3 Å². The van der Waals surface area contributed by atoms with Crippen molar-refractivity contribution in [1.29, 1.82) is 0 Å². The lowest BCUT2D eigenvalue weighted by Crippen LogP contribution is -2.33.